The van der Waals surface area contributed by atoms with Crippen molar-refractivity contribution in [1.82, 2.24) is 0 Å². The summed E-state index contributed by atoms with van der Waals surface area (Å²) in [5.41, 5.74) is 3.10. The molecule has 0 unspecified atom stereocenters. The topological polar surface area (TPSA) is 29.5 Å². The van der Waals surface area contributed by atoms with Gasteiger partial charge in [-0.3, -0.25) is 0 Å². The second-order valence-corrected chi connectivity index (χ2v) is 7.51. The zero-order valence-electron chi connectivity index (χ0n) is 13.4. The lowest BCUT2D eigenvalue weighted by atomic mass is 9.59. The van der Waals surface area contributed by atoms with Crippen molar-refractivity contribution in [2.24, 2.45) is 11.3 Å². The van der Waals surface area contributed by atoms with Crippen molar-refractivity contribution in [2.45, 2.75) is 51.6 Å². The maximum atomic E-state index is 11.4. The molecule has 2 atom stereocenters. The first-order chi connectivity index (χ1) is 9.86. The number of hydrogen-bond acceptors (Lipinski definition) is 2. The summed E-state index contributed by atoms with van der Waals surface area (Å²) in [6, 6.07) is 6.17. The third-order valence-corrected chi connectivity index (χ3v) is 5.66. The summed E-state index contributed by atoms with van der Waals surface area (Å²) in [6.07, 6.45) is 4.79. The van der Waals surface area contributed by atoms with Gasteiger partial charge in [0.25, 0.3) is 0 Å². The third kappa shape index (κ3) is 2.40. The van der Waals surface area contributed by atoms with Gasteiger partial charge < -0.3 is 9.84 Å². The Balaban J connectivity index is 2.07. The van der Waals surface area contributed by atoms with E-state index in [1.165, 1.54) is 17.5 Å². The van der Waals surface area contributed by atoms with Gasteiger partial charge in [0.1, 0.15) is 5.75 Å². The molecule has 2 nitrogen and oxygen atoms in total. The van der Waals surface area contributed by atoms with E-state index in [0.717, 1.165) is 30.6 Å². The van der Waals surface area contributed by atoms with Gasteiger partial charge >= 0.3 is 0 Å². The van der Waals surface area contributed by atoms with Crippen molar-refractivity contribution in [3.8, 4) is 5.75 Å². The van der Waals surface area contributed by atoms with E-state index < -0.39 is 5.60 Å². The number of aliphatic hydroxyl groups is 1. The Morgan fingerprint density at radius 1 is 1.29 bits per heavy atom. The number of fused-ring (bicyclic) bond motifs is 2. The Morgan fingerprint density at radius 3 is 2.76 bits per heavy atom. The van der Waals surface area contributed by atoms with Crippen molar-refractivity contribution in [1.29, 1.82) is 0 Å². The molecular weight excluding hydrogens is 260 g/mol. The second kappa shape index (κ2) is 4.88. The minimum atomic E-state index is -0.609. The van der Waals surface area contributed by atoms with E-state index in [9.17, 15) is 5.11 Å². The van der Waals surface area contributed by atoms with Crippen LogP contribution in [0.15, 0.2) is 24.8 Å². The van der Waals surface area contributed by atoms with E-state index in [4.69, 9.17) is 4.74 Å². The van der Waals surface area contributed by atoms with E-state index in [0.29, 0.717) is 6.42 Å². The molecule has 2 heteroatoms. The average molecular weight is 286 g/mol. The number of rotatable bonds is 1. The summed E-state index contributed by atoms with van der Waals surface area (Å²) in [5.74, 6) is 1.14. The van der Waals surface area contributed by atoms with Crippen molar-refractivity contribution in [3.63, 3.8) is 0 Å². The van der Waals surface area contributed by atoms with E-state index in [2.05, 4.69) is 32.6 Å². The van der Waals surface area contributed by atoms with Crippen LogP contribution in [0.25, 0.3) is 5.57 Å². The van der Waals surface area contributed by atoms with E-state index in [1.807, 2.05) is 6.07 Å². The van der Waals surface area contributed by atoms with Crippen molar-refractivity contribution in [2.75, 3.05) is 7.11 Å². The van der Waals surface area contributed by atoms with Crippen LogP contribution in [0.5, 0.6) is 5.75 Å². The number of ether oxygens (including phenoxy) is 1. The fraction of sp³-hybridized carbons (Fsp3) is 0.579. The molecule has 1 aromatic carbocycles. The van der Waals surface area contributed by atoms with Crippen LogP contribution >= 0.6 is 0 Å². The highest BCUT2D eigenvalue weighted by Crippen LogP contribution is 2.53. The monoisotopic (exact) mass is 286 g/mol. The Morgan fingerprint density at radius 2 is 2.05 bits per heavy atom. The van der Waals surface area contributed by atoms with Gasteiger partial charge in [0, 0.05) is 6.42 Å². The van der Waals surface area contributed by atoms with E-state index >= 15 is 0 Å². The SMILES string of the molecule is C=C1C[C@H]2C(C)(C)CCC[C@]2(O)Cc2cc(OC)ccc21. The predicted octanol–water partition coefficient (Wildman–Crippen LogP) is 4.21. The molecule has 2 aliphatic carbocycles. The van der Waals surface area contributed by atoms with Crippen LogP contribution in [0.2, 0.25) is 0 Å². The fourth-order valence-corrected chi connectivity index (χ4v) is 4.48. The molecule has 1 fully saturated rings. The third-order valence-electron chi connectivity index (χ3n) is 5.66. The van der Waals surface area contributed by atoms with Gasteiger partial charge in [-0.2, -0.15) is 0 Å². The highest BCUT2D eigenvalue weighted by Gasteiger charge is 2.49. The maximum absolute atomic E-state index is 11.4. The molecule has 21 heavy (non-hydrogen) atoms. The van der Waals surface area contributed by atoms with Crippen LogP contribution in [-0.4, -0.2) is 17.8 Å². The maximum Gasteiger partial charge on any atom is 0.119 e. The molecule has 1 N–H and O–H groups in total. The molecule has 0 aliphatic heterocycles. The van der Waals surface area contributed by atoms with Gasteiger partial charge in [-0.1, -0.05) is 32.9 Å². The average Bonchev–Trinajstić information content (AvgIpc) is 2.53. The summed E-state index contributed by atoms with van der Waals surface area (Å²) >= 11 is 0. The lowest BCUT2D eigenvalue weighted by Gasteiger charge is -2.49. The standard InChI is InChI=1S/C19H26O2/c1-13-10-17-18(2,3)8-5-9-19(17,20)12-14-11-15(21-4)6-7-16(13)14/h6-7,11,17,20H,1,5,8-10,12H2,2-4H3/t17-,19-/m0/s1. The lowest BCUT2D eigenvalue weighted by Crippen LogP contribution is -2.49. The highest BCUT2D eigenvalue weighted by molar-refractivity contribution is 5.69. The minimum absolute atomic E-state index is 0.169. The predicted molar refractivity (Wildman–Crippen MR) is 86.4 cm³/mol. The Bertz CT molecular complexity index is 573. The largest absolute Gasteiger partial charge is 0.497 e. The Labute approximate surface area is 127 Å². The smallest absolute Gasteiger partial charge is 0.119 e. The minimum Gasteiger partial charge on any atom is -0.497 e. The van der Waals surface area contributed by atoms with Crippen molar-refractivity contribution in [3.05, 3.63) is 35.9 Å². The Hall–Kier alpha value is -1.28. The summed E-state index contributed by atoms with van der Waals surface area (Å²) in [7, 11) is 1.69. The van der Waals surface area contributed by atoms with E-state index in [1.54, 1.807) is 7.11 Å². The molecule has 0 heterocycles. The summed E-state index contributed by atoms with van der Waals surface area (Å²) in [5, 5.41) is 11.4. The molecule has 2 aliphatic rings. The molecule has 0 saturated heterocycles. The summed E-state index contributed by atoms with van der Waals surface area (Å²) < 4.78 is 5.35. The zero-order valence-corrected chi connectivity index (χ0v) is 13.4. The Kier molecular flexibility index (Phi) is 3.40. The van der Waals surface area contributed by atoms with Crippen LogP contribution in [-0.2, 0) is 6.42 Å². The molecule has 0 amide bonds. The summed E-state index contributed by atoms with van der Waals surface area (Å²) in [4.78, 5) is 0. The number of benzene rings is 1. The molecule has 1 saturated carbocycles. The normalized spacial score (nSPS) is 31.0. The molecule has 0 spiro atoms. The van der Waals surface area contributed by atoms with Gasteiger partial charge in [0.2, 0.25) is 0 Å². The zero-order chi connectivity index (χ0) is 15.3. The van der Waals surface area contributed by atoms with Gasteiger partial charge in [0.05, 0.1) is 12.7 Å². The van der Waals surface area contributed by atoms with E-state index in [-0.39, 0.29) is 11.3 Å². The van der Waals surface area contributed by atoms with Gasteiger partial charge in [-0.05, 0) is 59.4 Å². The van der Waals surface area contributed by atoms with Crippen LogP contribution in [0.1, 0.15) is 50.7 Å². The summed E-state index contributed by atoms with van der Waals surface area (Å²) in [6.45, 7) is 8.90. The number of allylic oxidation sites excluding steroid dienone is 1. The quantitative estimate of drug-likeness (QED) is 0.838. The number of methoxy groups -OCH3 is 1. The number of hydrogen-bond donors (Lipinski definition) is 1. The first kappa shape index (κ1) is 14.6. The molecule has 0 bridgehead atoms. The second-order valence-electron chi connectivity index (χ2n) is 7.51. The molecule has 0 aromatic heterocycles. The molecule has 3 rings (SSSR count). The van der Waals surface area contributed by atoms with Crippen LogP contribution in [0, 0.1) is 11.3 Å². The molecule has 114 valence electrons. The first-order valence-corrected chi connectivity index (χ1v) is 7.93. The lowest BCUT2D eigenvalue weighted by molar-refractivity contribution is -0.0979. The van der Waals surface area contributed by atoms with Gasteiger partial charge in [-0.25, -0.2) is 0 Å². The van der Waals surface area contributed by atoms with Gasteiger partial charge in [0.15, 0.2) is 0 Å². The molecule has 0 radical (unpaired) electrons. The van der Waals surface area contributed by atoms with Gasteiger partial charge in [-0.15, -0.1) is 0 Å². The fourth-order valence-electron chi connectivity index (χ4n) is 4.48. The van der Waals surface area contributed by atoms with Crippen LogP contribution in [0.3, 0.4) is 0 Å². The first-order valence-electron chi connectivity index (χ1n) is 7.93. The van der Waals surface area contributed by atoms with Crippen LogP contribution < -0.4 is 4.74 Å². The van der Waals surface area contributed by atoms with Crippen LogP contribution in [0.4, 0.5) is 0 Å². The van der Waals surface area contributed by atoms with Crippen molar-refractivity contribution < 1.29 is 9.84 Å². The molecule has 1 aromatic rings. The molecular formula is C19H26O2. The highest BCUT2D eigenvalue weighted by atomic mass is 16.5. The van der Waals surface area contributed by atoms with Crippen molar-refractivity contribution >= 4 is 5.57 Å².